The van der Waals surface area contributed by atoms with Crippen molar-refractivity contribution >= 4 is 11.6 Å². The number of hydrogen-bond donors (Lipinski definition) is 2. The number of benzene rings is 1. The number of nitrogens with zero attached hydrogens (tertiary/aromatic N) is 1. The van der Waals surface area contributed by atoms with E-state index in [0.29, 0.717) is 11.4 Å². The van der Waals surface area contributed by atoms with E-state index in [1.807, 2.05) is 13.0 Å². The van der Waals surface area contributed by atoms with Crippen LogP contribution in [0.25, 0.3) is 0 Å². The van der Waals surface area contributed by atoms with Crippen molar-refractivity contribution in [2.45, 2.75) is 13.5 Å². The highest BCUT2D eigenvalue weighted by Crippen LogP contribution is 2.24. The second-order valence-electron chi connectivity index (χ2n) is 4.49. The van der Waals surface area contributed by atoms with Crippen LogP contribution in [0.2, 0.25) is 0 Å². The second-order valence-corrected chi connectivity index (χ2v) is 4.49. The molecule has 0 aliphatic rings. The molecule has 0 radical (unpaired) electrons. The van der Waals surface area contributed by atoms with Crippen LogP contribution in [0.5, 0.6) is 5.75 Å². The molecule has 0 bridgehead atoms. The Morgan fingerprint density at radius 3 is 2.76 bits per heavy atom. The molecule has 1 heterocycles. The first-order chi connectivity index (χ1) is 9.99. The lowest BCUT2D eigenvalue weighted by Crippen LogP contribution is -2.32. The number of nitrogens with one attached hydrogen (secondary N) is 2. The van der Waals surface area contributed by atoms with Crippen molar-refractivity contribution in [3.63, 3.8) is 0 Å². The highest BCUT2D eigenvalue weighted by molar-refractivity contribution is 5.92. The van der Waals surface area contributed by atoms with Crippen molar-refractivity contribution in [3.05, 3.63) is 56.9 Å². The molecule has 1 aromatic heterocycles. The molecule has 0 atom stereocenters. The zero-order valence-electron chi connectivity index (χ0n) is 11.7. The predicted molar refractivity (Wildman–Crippen MR) is 77.7 cm³/mol. The lowest BCUT2D eigenvalue weighted by molar-refractivity contribution is -0.116. The minimum absolute atomic E-state index is 0.202. The molecule has 0 unspecified atom stereocenters. The Hall–Kier alpha value is -2.83. The van der Waals surface area contributed by atoms with Gasteiger partial charge in [-0.2, -0.15) is 0 Å². The number of anilines is 1. The van der Waals surface area contributed by atoms with Crippen LogP contribution in [0, 0.1) is 6.92 Å². The maximum Gasteiger partial charge on any atom is 0.328 e. The molecule has 2 aromatic rings. The van der Waals surface area contributed by atoms with Gasteiger partial charge in [-0.05, 0) is 24.6 Å². The Balaban J connectivity index is 2.17. The smallest absolute Gasteiger partial charge is 0.328 e. The van der Waals surface area contributed by atoms with E-state index in [4.69, 9.17) is 4.74 Å². The Kier molecular flexibility index (Phi) is 4.22. The summed E-state index contributed by atoms with van der Waals surface area (Å²) in [6.45, 7) is 1.69. The number of hydrogen-bond acceptors (Lipinski definition) is 4. The summed E-state index contributed by atoms with van der Waals surface area (Å²) in [4.78, 5) is 36.5. The molecule has 7 nitrogen and oxygen atoms in total. The maximum absolute atomic E-state index is 12.0. The minimum Gasteiger partial charge on any atom is -0.495 e. The first kappa shape index (κ1) is 14.6. The minimum atomic E-state index is -0.631. The van der Waals surface area contributed by atoms with E-state index in [1.54, 1.807) is 12.1 Å². The van der Waals surface area contributed by atoms with Crippen molar-refractivity contribution in [2.24, 2.45) is 0 Å². The summed E-state index contributed by atoms with van der Waals surface area (Å²) in [6, 6.07) is 6.56. The molecule has 1 amide bonds. The SMILES string of the molecule is COc1ccc(C)cc1NC(=O)Cn1ccc(=O)[nH]c1=O. The molecule has 110 valence electrons. The van der Waals surface area contributed by atoms with E-state index in [0.717, 1.165) is 10.1 Å². The number of ether oxygens (including phenoxy) is 1. The average Bonchev–Trinajstić information content (AvgIpc) is 2.42. The number of methoxy groups -OCH3 is 1. The molecule has 2 N–H and O–H groups in total. The molecule has 0 aliphatic heterocycles. The number of aromatic amines is 1. The number of rotatable bonds is 4. The van der Waals surface area contributed by atoms with Gasteiger partial charge in [0.1, 0.15) is 12.3 Å². The summed E-state index contributed by atoms with van der Waals surface area (Å²) >= 11 is 0. The van der Waals surface area contributed by atoms with Gasteiger partial charge >= 0.3 is 5.69 Å². The van der Waals surface area contributed by atoms with Gasteiger partial charge in [-0.15, -0.1) is 0 Å². The highest BCUT2D eigenvalue weighted by Gasteiger charge is 2.09. The third-order valence-corrected chi connectivity index (χ3v) is 2.84. The van der Waals surface area contributed by atoms with Crippen LogP contribution in [-0.2, 0) is 11.3 Å². The molecule has 0 aliphatic carbocycles. The highest BCUT2D eigenvalue weighted by atomic mass is 16.5. The first-order valence-electron chi connectivity index (χ1n) is 6.24. The molecule has 0 saturated heterocycles. The van der Waals surface area contributed by atoms with Gasteiger partial charge in [-0.1, -0.05) is 6.07 Å². The van der Waals surface area contributed by atoms with Gasteiger partial charge in [-0.25, -0.2) is 4.79 Å². The van der Waals surface area contributed by atoms with Gasteiger partial charge < -0.3 is 10.1 Å². The monoisotopic (exact) mass is 289 g/mol. The van der Waals surface area contributed by atoms with Gasteiger partial charge in [0.15, 0.2) is 0 Å². The van der Waals surface area contributed by atoms with Crippen molar-refractivity contribution in [3.8, 4) is 5.75 Å². The summed E-state index contributed by atoms with van der Waals surface area (Å²) in [6.07, 6.45) is 1.27. The van der Waals surface area contributed by atoms with Gasteiger partial charge in [0.05, 0.1) is 12.8 Å². The second kappa shape index (κ2) is 6.08. The third-order valence-electron chi connectivity index (χ3n) is 2.84. The number of H-pyrrole nitrogens is 1. The van der Waals surface area contributed by atoms with Crippen LogP contribution in [0.15, 0.2) is 40.1 Å². The summed E-state index contributed by atoms with van der Waals surface area (Å²) < 4.78 is 6.27. The number of carbonyl (C=O) groups excluding carboxylic acids is 1. The van der Waals surface area contributed by atoms with Gasteiger partial charge in [0.25, 0.3) is 5.56 Å². The van der Waals surface area contributed by atoms with Crippen molar-refractivity contribution in [1.82, 2.24) is 9.55 Å². The Morgan fingerprint density at radius 1 is 1.33 bits per heavy atom. The normalized spacial score (nSPS) is 10.2. The fourth-order valence-electron chi connectivity index (χ4n) is 1.83. The summed E-state index contributed by atoms with van der Waals surface area (Å²) in [5.74, 6) is 0.135. The number of carbonyl (C=O) groups is 1. The average molecular weight is 289 g/mol. The van der Waals surface area contributed by atoms with Crippen LogP contribution in [0.4, 0.5) is 5.69 Å². The number of amides is 1. The summed E-state index contributed by atoms with van der Waals surface area (Å²) in [5.41, 5.74) is 0.359. The topological polar surface area (TPSA) is 93.2 Å². The maximum atomic E-state index is 12.0. The molecule has 0 saturated carbocycles. The van der Waals surface area contributed by atoms with Gasteiger partial charge in [0.2, 0.25) is 5.91 Å². The Morgan fingerprint density at radius 2 is 2.10 bits per heavy atom. The van der Waals surface area contributed by atoms with Crippen molar-refractivity contribution < 1.29 is 9.53 Å². The van der Waals surface area contributed by atoms with Gasteiger partial charge in [0, 0.05) is 12.3 Å². The zero-order valence-corrected chi connectivity index (χ0v) is 11.7. The fraction of sp³-hybridized carbons (Fsp3) is 0.214. The first-order valence-corrected chi connectivity index (χ1v) is 6.24. The van der Waals surface area contributed by atoms with Crippen molar-refractivity contribution in [1.29, 1.82) is 0 Å². The van der Waals surface area contributed by atoms with E-state index in [9.17, 15) is 14.4 Å². The standard InChI is InChI=1S/C14H15N3O4/c1-9-3-4-11(21-2)10(7-9)15-13(19)8-17-6-5-12(18)16-14(17)20/h3-7H,8H2,1-2H3,(H,15,19)(H,16,18,20). The van der Waals surface area contributed by atoms with Crippen LogP contribution < -0.4 is 21.3 Å². The lowest BCUT2D eigenvalue weighted by atomic mass is 10.2. The van der Waals surface area contributed by atoms with E-state index >= 15 is 0 Å². The van der Waals surface area contributed by atoms with E-state index in [1.165, 1.54) is 19.4 Å². The van der Waals surface area contributed by atoms with Crippen LogP contribution in [-0.4, -0.2) is 22.6 Å². The fourth-order valence-corrected chi connectivity index (χ4v) is 1.83. The quantitative estimate of drug-likeness (QED) is 0.856. The molecule has 2 rings (SSSR count). The number of aryl methyl sites for hydroxylation is 1. The molecule has 21 heavy (non-hydrogen) atoms. The molecule has 0 fully saturated rings. The molecule has 0 spiro atoms. The number of aromatic nitrogens is 2. The largest absolute Gasteiger partial charge is 0.495 e. The molecular weight excluding hydrogens is 274 g/mol. The van der Waals surface area contributed by atoms with Gasteiger partial charge in [-0.3, -0.25) is 19.1 Å². The lowest BCUT2D eigenvalue weighted by Gasteiger charge is -2.11. The Labute approximate surface area is 120 Å². The zero-order chi connectivity index (χ0) is 15.4. The molecule has 1 aromatic carbocycles. The van der Waals surface area contributed by atoms with Crippen LogP contribution in [0.1, 0.15) is 5.56 Å². The van der Waals surface area contributed by atoms with E-state index in [2.05, 4.69) is 10.3 Å². The molecular formula is C14H15N3O4. The van der Waals surface area contributed by atoms with E-state index < -0.39 is 17.2 Å². The summed E-state index contributed by atoms with van der Waals surface area (Å²) in [5, 5.41) is 2.68. The van der Waals surface area contributed by atoms with Crippen LogP contribution >= 0.6 is 0 Å². The summed E-state index contributed by atoms with van der Waals surface area (Å²) in [7, 11) is 1.51. The third kappa shape index (κ3) is 3.59. The predicted octanol–water partition coefficient (Wildman–Crippen LogP) is 0.492. The van der Waals surface area contributed by atoms with Crippen LogP contribution in [0.3, 0.4) is 0 Å². The van der Waals surface area contributed by atoms with Crippen molar-refractivity contribution in [2.75, 3.05) is 12.4 Å². The molecule has 7 heteroatoms. The van der Waals surface area contributed by atoms with E-state index in [-0.39, 0.29) is 6.54 Å². The Bertz CT molecular complexity index is 776.